The number of ether oxygens (including phenoxy) is 1. The van der Waals surface area contributed by atoms with E-state index in [1.807, 2.05) is 0 Å². The molecule has 2 atom stereocenters. The van der Waals surface area contributed by atoms with E-state index in [-0.39, 0.29) is 4.83 Å². The van der Waals surface area contributed by atoms with Gasteiger partial charge in [-0.15, -0.1) is 0 Å². The maximum Gasteiger partial charge on any atom is 0.123 e. The van der Waals surface area contributed by atoms with E-state index in [1.54, 1.807) is 0 Å². The van der Waals surface area contributed by atoms with Crippen molar-refractivity contribution in [2.24, 2.45) is 0 Å². The molecule has 3 rings (SSSR count). The second kappa shape index (κ2) is 5.01. The van der Waals surface area contributed by atoms with Gasteiger partial charge < -0.3 is 4.74 Å². The van der Waals surface area contributed by atoms with Crippen LogP contribution in [0.4, 0.5) is 0 Å². The van der Waals surface area contributed by atoms with Gasteiger partial charge in [0.2, 0.25) is 0 Å². The van der Waals surface area contributed by atoms with Crippen molar-refractivity contribution < 1.29 is 4.74 Å². The highest BCUT2D eigenvalue weighted by Gasteiger charge is 2.20. The smallest absolute Gasteiger partial charge is 0.123 e. The molecular formula is C17H17BrO. The molecule has 0 N–H and O–H groups in total. The van der Waals surface area contributed by atoms with E-state index >= 15 is 0 Å². The zero-order chi connectivity index (χ0) is 13.4. The zero-order valence-corrected chi connectivity index (χ0v) is 12.8. The Hall–Kier alpha value is -1.28. The number of halogens is 1. The first kappa shape index (κ1) is 12.7. The quantitative estimate of drug-likeness (QED) is 0.723. The van der Waals surface area contributed by atoms with Crippen molar-refractivity contribution in [3.8, 4) is 5.75 Å². The molecule has 19 heavy (non-hydrogen) atoms. The van der Waals surface area contributed by atoms with Gasteiger partial charge >= 0.3 is 0 Å². The van der Waals surface area contributed by atoms with Gasteiger partial charge in [0.15, 0.2) is 0 Å². The molecule has 0 saturated carbocycles. The molecule has 1 nitrogen and oxygen atoms in total. The van der Waals surface area contributed by atoms with Crippen LogP contribution < -0.4 is 4.74 Å². The van der Waals surface area contributed by atoms with Gasteiger partial charge in [-0.1, -0.05) is 57.9 Å². The molecule has 0 bridgehead atoms. The Morgan fingerprint density at radius 3 is 2.53 bits per heavy atom. The Balaban J connectivity index is 1.90. The van der Waals surface area contributed by atoms with Gasteiger partial charge in [0.25, 0.3) is 0 Å². The van der Waals surface area contributed by atoms with Gasteiger partial charge in [0.1, 0.15) is 11.9 Å². The minimum Gasteiger partial charge on any atom is -0.490 e. The summed E-state index contributed by atoms with van der Waals surface area (Å²) < 4.78 is 5.75. The summed E-state index contributed by atoms with van der Waals surface area (Å²) in [4.78, 5) is 0.245. The largest absolute Gasteiger partial charge is 0.490 e. The number of benzene rings is 2. The molecule has 0 aromatic heterocycles. The Bertz CT molecular complexity index is 589. The van der Waals surface area contributed by atoms with E-state index in [0.29, 0.717) is 6.10 Å². The van der Waals surface area contributed by atoms with Gasteiger partial charge in [-0.2, -0.15) is 0 Å². The van der Waals surface area contributed by atoms with E-state index in [1.165, 1.54) is 22.3 Å². The molecule has 0 fully saturated rings. The predicted octanol–water partition coefficient (Wildman–Crippen LogP) is 4.80. The lowest BCUT2D eigenvalue weighted by Gasteiger charge is -2.12. The van der Waals surface area contributed by atoms with Gasteiger partial charge in [-0.3, -0.25) is 0 Å². The third-order valence-electron chi connectivity index (χ3n) is 3.58. The summed E-state index contributed by atoms with van der Waals surface area (Å²) in [6.45, 7) is 4.23. The Labute approximate surface area is 122 Å². The molecule has 1 aliphatic heterocycles. The first-order chi connectivity index (χ1) is 9.13. The highest BCUT2D eigenvalue weighted by molar-refractivity contribution is 9.09. The summed E-state index contributed by atoms with van der Waals surface area (Å²) in [6, 6.07) is 15.2. The normalized spacial score (nSPS) is 18.8. The minimum absolute atomic E-state index is 0.245. The van der Waals surface area contributed by atoms with Crippen LogP contribution in [0.1, 0.15) is 34.0 Å². The second-order valence-corrected chi connectivity index (χ2v) is 6.19. The van der Waals surface area contributed by atoms with Crippen molar-refractivity contribution in [3.63, 3.8) is 0 Å². The maximum absolute atomic E-state index is 5.75. The van der Waals surface area contributed by atoms with E-state index in [0.717, 1.165) is 12.2 Å². The molecule has 0 spiro atoms. The molecule has 1 aliphatic rings. The van der Waals surface area contributed by atoms with Gasteiger partial charge in [-0.25, -0.2) is 0 Å². The third-order valence-corrected chi connectivity index (χ3v) is 4.64. The molecular weight excluding hydrogens is 300 g/mol. The minimum atomic E-state index is 0.245. The van der Waals surface area contributed by atoms with Gasteiger partial charge in [0.05, 0.1) is 4.83 Å². The highest BCUT2D eigenvalue weighted by Crippen LogP contribution is 2.36. The maximum atomic E-state index is 5.75. The van der Waals surface area contributed by atoms with Crippen LogP contribution in [0.15, 0.2) is 42.5 Å². The molecule has 0 radical (unpaired) electrons. The average Bonchev–Trinajstić information content (AvgIpc) is 2.77. The molecule has 98 valence electrons. The monoisotopic (exact) mass is 316 g/mol. The van der Waals surface area contributed by atoms with Crippen molar-refractivity contribution in [3.05, 3.63) is 64.7 Å². The van der Waals surface area contributed by atoms with Crippen LogP contribution in [0.3, 0.4) is 0 Å². The summed E-state index contributed by atoms with van der Waals surface area (Å²) in [5, 5.41) is 0. The Morgan fingerprint density at radius 1 is 1.11 bits per heavy atom. The average molecular weight is 317 g/mol. The SMILES string of the molecule is Cc1ccc(C(Br)c2ccc3c(c2)CC(C)O3)cc1. The fourth-order valence-electron chi connectivity index (χ4n) is 2.53. The lowest BCUT2D eigenvalue weighted by atomic mass is 10.0. The van der Waals surface area contributed by atoms with Crippen LogP contribution in [-0.4, -0.2) is 6.10 Å². The molecule has 0 saturated heterocycles. The molecule has 0 amide bonds. The van der Waals surface area contributed by atoms with E-state index in [4.69, 9.17) is 4.74 Å². The topological polar surface area (TPSA) is 9.23 Å². The Morgan fingerprint density at radius 2 is 1.79 bits per heavy atom. The molecule has 2 heteroatoms. The van der Waals surface area contributed by atoms with Crippen molar-refractivity contribution in [2.75, 3.05) is 0 Å². The molecule has 2 unspecified atom stereocenters. The number of fused-ring (bicyclic) bond motifs is 1. The summed E-state index contributed by atoms with van der Waals surface area (Å²) in [5.74, 6) is 1.04. The third kappa shape index (κ3) is 2.55. The fraction of sp³-hybridized carbons (Fsp3) is 0.294. The van der Waals surface area contributed by atoms with E-state index in [2.05, 4.69) is 72.2 Å². The van der Waals surface area contributed by atoms with Crippen molar-refractivity contribution >= 4 is 15.9 Å². The van der Waals surface area contributed by atoms with Crippen molar-refractivity contribution in [1.82, 2.24) is 0 Å². The highest BCUT2D eigenvalue weighted by atomic mass is 79.9. The first-order valence-electron chi connectivity index (χ1n) is 6.63. The number of hydrogen-bond donors (Lipinski definition) is 0. The van der Waals surface area contributed by atoms with Crippen LogP contribution in [-0.2, 0) is 6.42 Å². The summed E-state index contributed by atoms with van der Waals surface area (Å²) >= 11 is 3.80. The molecule has 1 heterocycles. The van der Waals surface area contributed by atoms with Crippen molar-refractivity contribution in [1.29, 1.82) is 0 Å². The standard InChI is InChI=1S/C17H17BrO/c1-11-3-5-13(6-4-11)17(18)14-7-8-16-15(10-14)9-12(2)19-16/h3-8,10,12,17H,9H2,1-2H3. The number of aryl methyl sites for hydroxylation is 1. The first-order valence-corrected chi connectivity index (χ1v) is 7.55. The fourth-order valence-corrected chi connectivity index (χ4v) is 3.12. The second-order valence-electron chi connectivity index (χ2n) is 5.27. The lowest BCUT2D eigenvalue weighted by Crippen LogP contribution is -2.05. The Kier molecular flexibility index (Phi) is 3.36. The molecule has 2 aromatic carbocycles. The van der Waals surface area contributed by atoms with Crippen LogP contribution in [0.5, 0.6) is 5.75 Å². The lowest BCUT2D eigenvalue weighted by molar-refractivity contribution is 0.254. The van der Waals surface area contributed by atoms with E-state index in [9.17, 15) is 0 Å². The molecule has 2 aromatic rings. The van der Waals surface area contributed by atoms with E-state index < -0.39 is 0 Å². The van der Waals surface area contributed by atoms with Crippen LogP contribution in [0.2, 0.25) is 0 Å². The van der Waals surface area contributed by atoms with Crippen LogP contribution >= 0.6 is 15.9 Å². The van der Waals surface area contributed by atoms with Crippen molar-refractivity contribution in [2.45, 2.75) is 31.2 Å². The summed E-state index contributed by atoms with van der Waals surface area (Å²) in [7, 11) is 0. The predicted molar refractivity (Wildman–Crippen MR) is 82.2 cm³/mol. The van der Waals surface area contributed by atoms with Gasteiger partial charge in [-0.05, 0) is 36.6 Å². The summed E-state index contributed by atoms with van der Waals surface area (Å²) in [5.41, 5.74) is 5.19. The van der Waals surface area contributed by atoms with Crippen LogP contribution in [0.25, 0.3) is 0 Å². The number of hydrogen-bond acceptors (Lipinski definition) is 1. The number of alkyl halides is 1. The van der Waals surface area contributed by atoms with Gasteiger partial charge in [0, 0.05) is 6.42 Å². The van der Waals surface area contributed by atoms with Crippen LogP contribution in [0, 0.1) is 6.92 Å². The zero-order valence-electron chi connectivity index (χ0n) is 11.2. The molecule has 0 aliphatic carbocycles. The number of rotatable bonds is 2. The summed E-state index contributed by atoms with van der Waals surface area (Å²) in [6.07, 6.45) is 1.31.